The molecule has 0 aliphatic rings. The van der Waals surface area contributed by atoms with Crippen LogP contribution in [0.25, 0.3) is 0 Å². The number of nitrogens with one attached hydrogen (secondary N) is 1. The standard InChI is InChI=1S/C19H24FN/c1-2-6-19(15-17-7-4-3-5-8-17)21-14-13-16-9-11-18(20)12-10-16/h3-5,7-12,19,21H,2,6,13-15H2,1H3. The number of halogens is 1. The molecule has 0 fully saturated rings. The molecule has 2 heteroatoms. The second-order valence-electron chi connectivity index (χ2n) is 5.51. The third kappa shape index (κ3) is 5.68. The summed E-state index contributed by atoms with van der Waals surface area (Å²) in [5.74, 6) is -0.167. The van der Waals surface area contributed by atoms with Gasteiger partial charge in [-0.3, -0.25) is 0 Å². The van der Waals surface area contributed by atoms with Crippen LogP contribution in [-0.2, 0) is 12.8 Å². The van der Waals surface area contributed by atoms with Crippen LogP contribution in [0.4, 0.5) is 4.39 Å². The van der Waals surface area contributed by atoms with E-state index < -0.39 is 0 Å². The van der Waals surface area contributed by atoms with Gasteiger partial charge in [-0.2, -0.15) is 0 Å². The van der Waals surface area contributed by atoms with Gasteiger partial charge in [0, 0.05) is 6.04 Å². The maximum Gasteiger partial charge on any atom is 0.123 e. The molecule has 0 aromatic heterocycles. The van der Waals surface area contributed by atoms with Crippen molar-refractivity contribution in [3.8, 4) is 0 Å². The highest BCUT2D eigenvalue weighted by Crippen LogP contribution is 2.08. The van der Waals surface area contributed by atoms with Gasteiger partial charge < -0.3 is 5.32 Å². The van der Waals surface area contributed by atoms with Crippen molar-refractivity contribution in [1.29, 1.82) is 0 Å². The third-order valence-corrected chi connectivity index (χ3v) is 3.72. The molecule has 0 aliphatic carbocycles. The summed E-state index contributed by atoms with van der Waals surface area (Å²) in [7, 11) is 0. The van der Waals surface area contributed by atoms with E-state index in [4.69, 9.17) is 0 Å². The minimum absolute atomic E-state index is 0.167. The second kappa shape index (κ2) is 8.58. The quantitative estimate of drug-likeness (QED) is 0.759. The highest BCUT2D eigenvalue weighted by Gasteiger charge is 2.07. The average molecular weight is 285 g/mol. The number of benzene rings is 2. The van der Waals surface area contributed by atoms with E-state index >= 15 is 0 Å². The number of rotatable bonds is 8. The van der Waals surface area contributed by atoms with E-state index in [1.54, 1.807) is 0 Å². The molecule has 1 nitrogen and oxygen atoms in total. The molecule has 2 rings (SSSR count). The third-order valence-electron chi connectivity index (χ3n) is 3.72. The first-order valence-corrected chi connectivity index (χ1v) is 7.79. The van der Waals surface area contributed by atoms with Crippen molar-refractivity contribution >= 4 is 0 Å². The lowest BCUT2D eigenvalue weighted by Crippen LogP contribution is -2.32. The van der Waals surface area contributed by atoms with Gasteiger partial charge in [-0.05, 0) is 49.1 Å². The van der Waals surface area contributed by atoms with Crippen molar-refractivity contribution in [2.45, 2.75) is 38.6 Å². The Morgan fingerprint density at radius 2 is 1.67 bits per heavy atom. The molecule has 1 unspecified atom stereocenters. The van der Waals surface area contributed by atoms with Crippen molar-refractivity contribution in [2.24, 2.45) is 0 Å². The van der Waals surface area contributed by atoms with Crippen LogP contribution in [0.15, 0.2) is 54.6 Å². The first-order chi connectivity index (χ1) is 10.3. The fourth-order valence-electron chi connectivity index (χ4n) is 2.60. The van der Waals surface area contributed by atoms with Gasteiger partial charge >= 0.3 is 0 Å². The molecule has 2 aromatic rings. The number of hydrogen-bond acceptors (Lipinski definition) is 1. The summed E-state index contributed by atoms with van der Waals surface area (Å²) >= 11 is 0. The zero-order valence-corrected chi connectivity index (χ0v) is 12.7. The van der Waals surface area contributed by atoms with Gasteiger partial charge in [0.1, 0.15) is 5.82 Å². The summed E-state index contributed by atoms with van der Waals surface area (Å²) in [6.45, 7) is 3.16. The summed E-state index contributed by atoms with van der Waals surface area (Å²) in [5.41, 5.74) is 2.56. The molecule has 0 aliphatic heterocycles. The van der Waals surface area contributed by atoms with E-state index in [9.17, 15) is 4.39 Å². The average Bonchev–Trinajstić information content (AvgIpc) is 2.50. The predicted octanol–water partition coefficient (Wildman–Crippen LogP) is 4.37. The van der Waals surface area contributed by atoms with Crippen LogP contribution >= 0.6 is 0 Å². The number of hydrogen-bond donors (Lipinski definition) is 1. The zero-order valence-electron chi connectivity index (χ0n) is 12.7. The summed E-state index contributed by atoms with van der Waals surface area (Å²) in [5, 5.41) is 3.64. The van der Waals surface area contributed by atoms with E-state index in [-0.39, 0.29) is 5.82 Å². The maximum absolute atomic E-state index is 12.9. The fourth-order valence-corrected chi connectivity index (χ4v) is 2.60. The lowest BCUT2D eigenvalue weighted by Gasteiger charge is -2.18. The van der Waals surface area contributed by atoms with E-state index in [2.05, 4.69) is 42.6 Å². The SMILES string of the molecule is CCCC(Cc1ccccc1)NCCc1ccc(F)cc1. The molecule has 0 radical (unpaired) electrons. The second-order valence-corrected chi connectivity index (χ2v) is 5.51. The predicted molar refractivity (Wildman–Crippen MR) is 86.9 cm³/mol. The minimum atomic E-state index is -0.167. The van der Waals surface area contributed by atoms with Crippen molar-refractivity contribution in [3.63, 3.8) is 0 Å². The van der Waals surface area contributed by atoms with E-state index in [1.807, 2.05) is 12.1 Å². The summed E-state index contributed by atoms with van der Waals surface area (Å²) in [6, 6.07) is 17.9. The van der Waals surface area contributed by atoms with Crippen molar-refractivity contribution < 1.29 is 4.39 Å². The Kier molecular flexibility index (Phi) is 6.42. The van der Waals surface area contributed by atoms with E-state index in [0.29, 0.717) is 6.04 Å². The maximum atomic E-state index is 12.9. The molecule has 0 spiro atoms. The molecule has 0 amide bonds. The van der Waals surface area contributed by atoms with Crippen LogP contribution < -0.4 is 5.32 Å². The molecule has 21 heavy (non-hydrogen) atoms. The molecular formula is C19H24FN. The molecular weight excluding hydrogens is 261 g/mol. The van der Waals surface area contributed by atoms with E-state index in [0.717, 1.165) is 19.4 Å². The van der Waals surface area contributed by atoms with E-state index in [1.165, 1.54) is 36.1 Å². The van der Waals surface area contributed by atoms with Crippen LogP contribution in [0.2, 0.25) is 0 Å². The van der Waals surface area contributed by atoms with Crippen LogP contribution in [0.1, 0.15) is 30.9 Å². The smallest absolute Gasteiger partial charge is 0.123 e. The van der Waals surface area contributed by atoms with Gasteiger partial charge in [0.25, 0.3) is 0 Å². The Morgan fingerprint density at radius 1 is 0.952 bits per heavy atom. The fraction of sp³-hybridized carbons (Fsp3) is 0.368. The van der Waals surface area contributed by atoms with Crippen molar-refractivity contribution in [1.82, 2.24) is 5.32 Å². The zero-order chi connectivity index (χ0) is 14.9. The Hall–Kier alpha value is -1.67. The van der Waals surface area contributed by atoms with Crippen LogP contribution in [0, 0.1) is 5.82 Å². The van der Waals surface area contributed by atoms with Gasteiger partial charge in [0.15, 0.2) is 0 Å². The molecule has 1 atom stereocenters. The summed E-state index contributed by atoms with van der Waals surface area (Å²) < 4.78 is 12.9. The Morgan fingerprint density at radius 3 is 2.33 bits per heavy atom. The van der Waals surface area contributed by atoms with Crippen LogP contribution in [0.3, 0.4) is 0 Å². The molecule has 2 aromatic carbocycles. The van der Waals surface area contributed by atoms with Gasteiger partial charge in [0.2, 0.25) is 0 Å². The first-order valence-electron chi connectivity index (χ1n) is 7.79. The normalized spacial score (nSPS) is 12.3. The summed E-state index contributed by atoms with van der Waals surface area (Å²) in [6.07, 6.45) is 4.37. The Bertz CT molecular complexity index is 507. The highest BCUT2D eigenvalue weighted by molar-refractivity contribution is 5.17. The monoisotopic (exact) mass is 285 g/mol. The molecule has 0 saturated heterocycles. The highest BCUT2D eigenvalue weighted by atomic mass is 19.1. The van der Waals surface area contributed by atoms with Gasteiger partial charge in [0.05, 0.1) is 0 Å². The molecule has 112 valence electrons. The van der Waals surface area contributed by atoms with Crippen LogP contribution in [-0.4, -0.2) is 12.6 Å². The van der Waals surface area contributed by atoms with Crippen molar-refractivity contribution in [3.05, 3.63) is 71.5 Å². The molecule has 0 heterocycles. The first kappa shape index (κ1) is 15.7. The Labute approximate surface area is 127 Å². The molecule has 0 bridgehead atoms. The lowest BCUT2D eigenvalue weighted by atomic mass is 10.0. The van der Waals surface area contributed by atoms with Crippen molar-refractivity contribution in [2.75, 3.05) is 6.54 Å². The van der Waals surface area contributed by atoms with Gasteiger partial charge in [-0.1, -0.05) is 55.8 Å². The Balaban J connectivity index is 1.81. The molecule has 1 N–H and O–H groups in total. The largest absolute Gasteiger partial charge is 0.313 e. The molecule has 0 saturated carbocycles. The van der Waals surface area contributed by atoms with Gasteiger partial charge in [-0.15, -0.1) is 0 Å². The lowest BCUT2D eigenvalue weighted by molar-refractivity contribution is 0.475. The summed E-state index contributed by atoms with van der Waals surface area (Å²) in [4.78, 5) is 0. The van der Waals surface area contributed by atoms with Gasteiger partial charge in [-0.25, -0.2) is 4.39 Å². The topological polar surface area (TPSA) is 12.0 Å². The minimum Gasteiger partial charge on any atom is -0.313 e. The van der Waals surface area contributed by atoms with Crippen LogP contribution in [0.5, 0.6) is 0 Å².